The molecule has 15 nitrogen and oxygen atoms in total. The molecule has 2 atom stereocenters. The van der Waals surface area contributed by atoms with E-state index in [1.165, 1.54) is 60.7 Å². The van der Waals surface area contributed by atoms with Gasteiger partial charge in [-0.05, 0) is 60.7 Å². The molecule has 69 heavy (non-hydrogen) atoms. The first-order valence-corrected chi connectivity index (χ1v) is 23.1. The number of benzene rings is 4. The molecule has 0 radical (unpaired) electrons. The average Bonchev–Trinajstić information content (AvgIpc) is 3.28. The number of halogens is 8. The Morgan fingerprint density at radius 1 is 0.536 bits per heavy atom. The Balaban J connectivity index is 1.29. The fraction of sp³-hybridized carbons (Fsp3) is 0.174. The van der Waals surface area contributed by atoms with Gasteiger partial charge in [0.25, 0.3) is 11.8 Å². The van der Waals surface area contributed by atoms with Gasteiger partial charge in [-0.1, -0.05) is 129 Å². The number of rotatable bonds is 24. The van der Waals surface area contributed by atoms with E-state index in [0.717, 1.165) is 0 Å². The maximum absolute atomic E-state index is 12.3. The standard InChI is InChI=1S/C46H34Cl8N4O11/c47-31-23-29(64-21-17-39(51)52)24-32(48)43(31)37(68-45-35(57(59)60)11-13-41(55-45)66-27-7-3-1-4-8-27)15-19-63-20-16-38(44-33(49)25-30(26-34(44)50)65-22-18-40(53)54)69-46-36(58(61)62)12-14-42(56-46)67-28-9-5-2-6-10-28/h1-14,17-18,23-26,37-38H,15-16,19-22H2. The summed E-state index contributed by atoms with van der Waals surface area (Å²) in [6, 6.07) is 28.2. The molecule has 0 bridgehead atoms. The molecule has 4 aromatic carbocycles. The number of hydrogen-bond donors (Lipinski definition) is 0. The van der Waals surface area contributed by atoms with Crippen molar-refractivity contribution in [1.82, 2.24) is 9.97 Å². The van der Waals surface area contributed by atoms with E-state index in [4.69, 9.17) is 126 Å². The molecular formula is C46H34Cl8N4O11. The third-order valence-corrected chi connectivity index (χ3v) is 11.1. The Morgan fingerprint density at radius 2 is 0.899 bits per heavy atom. The lowest BCUT2D eigenvalue weighted by molar-refractivity contribution is -0.386. The molecule has 0 aliphatic heterocycles. The predicted molar refractivity (Wildman–Crippen MR) is 265 cm³/mol. The highest BCUT2D eigenvalue weighted by molar-refractivity contribution is 6.56. The van der Waals surface area contributed by atoms with Crippen LogP contribution in [-0.2, 0) is 4.74 Å². The highest BCUT2D eigenvalue weighted by atomic mass is 35.5. The van der Waals surface area contributed by atoms with Gasteiger partial charge in [-0.2, -0.15) is 9.97 Å². The van der Waals surface area contributed by atoms with E-state index < -0.39 is 45.2 Å². The van der Waals surface area contributed by atoms with Crippen LogP contribution in [0.5, 0.6) is 46.5 Å². The molecule has 0 saturated carbocycles. The fourth-order valence-corrected chi connectivity index (χ4v) is 7.87. The summed E-state index contributed by atoms with van der Waals surface area (Å²) < 4.78 is 41.7. The van der Waals surface area contributed by atoms with Gasteiger partial charge in [0.2, 0.25) is 11.8 Å². The highest BCUT2D eigenvalue weighted by Crippen LogP contribution is 2.43. The molecule has 0 aliphatic carbocycles. The Hall–Kier alpha value is -5.46. The second-order valence-corrected chi connectivity index (χ2v) is 17.5. The molecule has 0 fully saturated rings. The molecule has 2 aromatic heterocycles. The van der Waals surface area contributed by atoms with Gasteiger partial charge in [0, 0.05) is 48.2 Å². The van der Waals surface area contributed by atoms with Crippen LogP contribution in [0.15, 0.2) is 130 Å². The van der Waals surface area contributed by atoms with Crippen molar-refractivity contribution in [3.8, 4) is 46.5 Å². The van der Waals surface area contributed by atoms with Crippen LogP contribution < -0.4 is 28.4 Å². The Bertz CT molecular complexity index is 2570. The van der Waals surface area contributed by atoms with Gasteiger partial charge in [0.1, 0.15) is 57.4 Å². The second kappa shape index (κ2) is 25.9. The number of ether oxygens (including phenoxy) is 7. The zero-order valence-electron chi connectivity index (χ0n) is 35.2. The Morgan fingerprint density at radius 3 is 1.23 bits per heavy atom. The Kier molecular flexibility index (Phi) is 19.9. The lowest BCUT2D eigenvalue weighted by Gasteiger charge is -2.23. The van der Waals surface area contributed by atoms with Gasteiger partial charge >= 0.3 is 11.4 Å². The van der Waals surface area contributed by atoms with E-state index in [-0.39, 0.29) is 103 Å². The first-order chi connectivity index (χ1) is 33.1. The van der Waals surface area contributed by atoms with Gasteiger partial charge < -0.3 is 33.2 Å². The van der Waals surface area contributed by atoms with Crippen LogP contribution in [0.4, 0.5) is 11.4 Å². The van der Waals surface area contributed by atoms with E-state index in [1.54, 1.807) is 60.7 Å². The number of nitrogens with zero attached hydrogens (tertiary/aromatic N) is 4. The summed E-state index contributed by atoms with van der Waals surface area (Å²) in [6.45, 7) is -0.218. The number of pyridine rings is 2. The number of nitro groups is 2. The van der Waals surface area contributed by atoms with Crippen LogP contribution in [0.1, 0.15) is 36.2 Å². The summed E-state index contributed by atoms with van der Waals surface area (Å²) in [5.74, 6) is 0.510. The summed E-state index contributed by atoms with van der Waals surface area (Å²) in [5.41, 5.74) is -0.535. The largest absolute Gasteiger partial charge is 0.489 e. The zero-order chi connectivity index (χ0) is 49.5. The molecule has 0 amide bonds. The van der Waals surface area contributed by atoms with Crippen molar-refractivity contribution >= 4 is 104 Å². The van der Waals surface area contributed by atoms with Crippen LogP contribution in [0.3, 0.4) is 0 Å². The van der Waals surface area contributed by atoms with Crippen LogP contribution in [-0.4, -0.2) is 46.2 Å². The van der Waals surface area contributed by atoms with Gasteiger partial charge in [-0.15, -0.1) is 0 Å². The summed E-state index contributed by atoms with van der Waals surface area (Å²) in [6.07, 6.45) is 0.484. The van der Waals surface area contributed by atoms with Crippen molar-refractivity contribution in [2.75, 3.05) is 26.4 Å². The van der Waals surface area contributed by atoms with Crippen LogP contribution in [0.2, 0.25) is 20.1 Å². The maximum atomic E-state index is 12.3. The van der Waals surface area contributed by atoms with Gasteiger partial charge in [0.05, 0.1) is 43.2 Å². The molecule has 0 aliphatic rings. The van der Waals surface area contributed by atoms with E-state index in [0.29, 0.717) is 11.5 Å². The van der Waals surface area contributed by atoms with Crippen molar-refractivity contribution < 1.29 is 43.0 Å². The highest BCUT2D eigenvalue weighted by Gasteiger charge is 2.30. The molecular weight excluding hydrogens is 1070 g/mol. The van der Waals surface area contributed by atoms with Crippen LogP contribution >= 0.6 is 92.8 Å². The van der Waals surface area contributed by atoms with Gasteiger partial charge in [-0.25, -0.2) is 0 Å². The summed E-state index contributed by atoms with van der Waals surface area (Å²) >= 11 is 50.2. The third-order valence-electron chi connectivity index (χ3n) is 9.23. The van der Waals surface area contributed by atoms with Crippen LogP contribution in [0.25, 0.3) is 0 Å². The first kappa shape index (κ1) is 52.9. The van der Waals surface area contributed by atoms with E-state index in [1.807, 2.05) is 0 Å². The van der Waals surface area contributed by atoms with Crippen molar-refractivity contribution in [2.45, 2.75) is 25.0 Å². The maximum Gasteiger partial charge on any atom is 0.331 e. The van der Waals surface area contributed by atoms with Crippen LogP contribution in [0, 0.1) is 20.2 Å². The van der Waals surface area contributed by atoms with E-state index >= 15 is 0 Å². The molecule has 2 heterocycles. The molecule has 0 spiro atoms. The minimum absolute atomic E-state index is 0.00454. The quantitative estimate of drug-likeness (QED) is 0.0318. The minimum atomic E-state index is -1.14. The first-order valence-electron chi connectivity index (χ1n) is 20.1. The molecule has 6 aromatic rings. The molecule has 2 unspecified atom stereocenters. The molecule has 0 saturated heterocycles. The van der Waals surface area contributed by atoms with Gasteiger partial charge in [0.15, 0.2) is 0 Å². The average molecular weight is 1100 g/mol. The number of aromatic nitrogens is 2. The zero-order valence-corrected chi connectivity index (χ0v) is 41.3. The molecule has 0 N–H and O–H groups in total. The SMILES string of the molecule is O=[N+]([O-])c1ccc(Oc2ccccc2)nc1OC(CCOCCC(Oc1nc(Oc2ccccc2)ccc1[N+](=O)[O-])c1c(Cl)cc(OCC=C(Cl)Cl)cc1Cl)c1c(Cl)cc(OCC=C(Cl)Cl)cc1Cl. The topological polar surface area (TPSA) is 177 Å². The fourth-order valence-electron chi connectivity index (χ4n) is 6.20. The molecule has 360 valence electrons. The third kappa shape index (κ3) is 15.8. The number of hydrogen-bond acceptors (Lipinski definition) is 13. The lowest BCUT2D eigenvalue weighted by atomic mass is 10.1. The monoisotopic (exact) mass is 1100 g/mol. The van der Waals surface area contributed by atoms with Crippen molar-refractivity contribution in [1.29, 1.82) is 0 Å². The van der Waals surface area contributed by atoms with E-state index in [9.17, 15) is 20.2 Å². The van der Waals surface area contributed by atoms with Crippen molar-refractivity contribution in [3.05, 3.63) is 182 Å². The van der Waals surface area contributed by atoms with Gasteiger partial charge in [-0.3, -0.25) is 20.2 Å². The smallest absolute Gasteiger partial charge is 0.331 e. The Labute approximate surface area is 434 Å². The lowest BCUT2D eigenvalue weighted by Crippen LogP contribution is -2.16. The molecule has 23 heteroatoms. The minimum Gasteiger partial charge on any atom is -0.489 e. The van der Waals surface area contributed by atoms with Crippen molar-refractivity contribution in [3.63, 3.8) is 0 Å². The van der Waals surface area contributed by atoms with E-state index in [2.05, 4.69) is 9.97 Å². The van der Waals surface area contributed by atoms with Crippen molar-refractivity contribution in [2.24, 2.45) is 0 Å². The molecule has 6 rings (SSSR count). The second-order valence-electron chi connectivity index (χ2n) is 13.9. The predicted octanol–water partition coefficient (Wildman–Crippen LogP) is 15.6. The normalized spacial score (nSPS) is 11.7. The summed E-state index contributed by atoms with van der Waals surface area (Å²) in [5, 5.41) is 24.8. The summed E-state index contributed by atoms with van der Waals surface area (Å²) in [7, 11) is 0. The summed E-state index contributed by atoms with van der Waals surface area (Å²) in [4.78, 5) is 31.9. The number of para-hydroxylation sites is 2.